The van der Waals surface area contributed by atoms with E-state index in [1.807, 2.05) is 30.3 Å². The first-order chi connectivity index (χ1) is 18.0. The number of carbonyl (C=O) groups excluding carboxylic acids is 2. The number of hydrogen-bond acceptors (Lipinski definition) is 8. The Morgan fingerprint density at radius 3 is 2.47 bits per heavy atom. The lowest BCUT2D eigenvalue weighted by Crippen LogP contribution is -2.38. The van der Waals surface area contributed by atoms with Gasteiger partial charge in [-0.2, -0.15) is 13.2 Å². The van der Waals surface area contributed by atoms with Gasteiger partial charge in [0.1, 0.15) is 0 Å². The van der Waals surface area contributed by atoms with Crippen molar-refractivity contribution in [2.45, 2.75) is 26.1 Å². The fraction of sp³-hybridized carbons (Fsp3) is 0.280. The smallest absolute Gasteiger partial charge is 0.396 e. The summed E-state index contributed by atoms with van der Waals surface area (Å²) in [6, 6.07) is 12.7. The quantitative estimate of drug-likeness (QED) is 0.422. The molecule has 0 bridgehead atoms. The Kier molecular flexibility index (Phi) is 8.86. The summed E-state index contributed by atoms with van der Waals surface area (Å²) < 4.78 is 38.9. The molecule has 0 unspecified atom stereocenters. The highest BCUT2D eigenvalue weighted by atomic mass is 19.4. The molecule has 3 rings (SSSR count). The van der Waals surface area contributed by atoms with Crippen LogP contribution >= 0.6 is 0 Å². The number of halogens is 3. The number of nitrogens with zero attached hydrogens (tertiary/aromatic N) is 3. The largest absolute Gasteiger partial charge is 0.493 e. The number of hydrogen-bond donors (Lipinski definition) is 2. The Morgan fingerprint density at radius 1 is 1.18 bits per heavy atom. The van der Waals surface area contributed by atoms with E-state index in [-0.39, 0.29) is 34.8 Å². The third-order valence-electron chi connectivity index (χ3n) is 5.59. The molecule has 2 atom stereocenters. The maximum absolute atomic E-state index is 13.4. The van der Waals surface area contributed by atoms with Crippen molar-refractivity contribution in [2.75, 3.05) is 19.0 Å². The fourth-order valence-electron chi connectivity index (χ4n) is 3.56. The summed E-state index contributed by atoms with van der Waals surface area (Å²) in [7, 11) is 0.846. The molecule has 0 spiro atoms. The van der Waals surface area contributed by atoms with Crippen LogP contribution in [-0.4, -0.2) is 51.7 Å². The van der Waals surface area contributed by atoms with Crippen LogP contribution in [0, 0.1) is 12.8 Å². The van der Waals surface area contributed by atoms with Crippen LogP contribution in [0.1, 0.15) is 34.5 Å². The molecular weight excluding hydrogens is 509 g/mol. The first-order valence-electron chi connectivity index (χ1n) is 11.3. The van der Waals surface area contributed by atoms with E-state index in [2.05, 4.69) is 20.0 Å². The lowest BCUT2D eigenvalue weighted by molar-refractivity contribution is -0.313. The van der Waals surface area contributed by atoms with E-state index >= 15 is 0 Å². The minimum absolute atomic E-state index is 0.0320. The normalized spacial score (nSPS) is 12.9. The van der Waals surface area contributed by atoms with E-state index in [1.165, 1.54) is 35.2 Å². The summed E-state index contributed by atoms with van der Waals surface area (Å²) >= 11 is 0. The number of alkyl halides is 3. The SMILES string of the molecule is CON(OC(=O)C(F)(F)F)C(=O)c1ccc(C)c(-n2ccnc(N[C@@H](c3ccccc3)[C@@H](C)CO)c2=O)c1. The number of nitrogens with one attached hydrogen (secondary N) is 1. The molecule has 0 saturated carbocycles. The van der Waals surface area contributed by atoms with Gasteiger partial charge in [-0.15, -0.1) is 0 Å². The van der Waals surface area contributed by atoms with Crippen LogP contribution < -0.4 is 10.9 Å². The third kappa shape index (κ3) is 6.36. The Balaban J connectivity index is 1.97. The van der Waals surface area contributed by atoms with Crippen LogP contribution in [0.15, 0.2) is 65.7 Å². The van der Waals surface area contributed by atoms with E-state index < -0.39 is 29.7 Å². The minimum atomic E-state index is -5.35. The van der Waals surface area contributed by atoms with E-state index in [1.54, 1.807) is 13.8 Å². The number of aryl methyl sites for hydroxylation is 1. The number of aromatic nitrogens is 2. The van der Waals surface area contributed by atoms with Gasteiger partial charge in [0, 0.05) is 30.5 Å². The standard InChI is InChI=1S/C25H25F3N4O6/c1-15-9-10-18(22(34)32(37-3)38-24(36)25(26,27)28)13-19(15)31-12-11-29-21(23(31)35)30-20(16(2)14-33)17-7-5-4-6-8-17/h4-13,16,20,33H,14H2,1-3H3,(H,29,30)/t16-,20+/m0/s1. The summed E-state index contributed by atoms with van der Waals surface area (Å²) in [5.74, 6) is -4.18. The van der Waals surface area contributed by atoms with Crippen molar-refractivity contribution in [3.8, 4) is 5.69 Å². The highest BCUT2D eigenvalue weighted by molar-refractivity contribution is 5.94. The van der Waals surface area contributed by atoms with Gasteiger partial charge in [0.2, 0.25) is 0 Å². The molecule has 0 radical (unpaired) electrons. The van der Waals surface area contributed by atoms with Crippen molar-refractivity contribution in [3.63, 3.8) is 0 Å². The molecule has 3 aromatic rings. The van der Waals surface area contributed by atoms with Gasteiger partial charge in [-0.1, -0.05) is 43.3 Å². The first kappa shape index (κ1) is 28.3. The molecule has 0 aliphatic heterocycles. The van der Waals surface area contributed by atoms with Gasteiger partial charge in [-0.05, 0) is 35.4 Å². The highest BCUT2D eigenvalue weighted by Gasteiger charge is 2.44. The molecule has 10 nitrogen and oxygen atoms in total. The second kappa shape index (κ2) is 11.9. The van der Waals surface area contributed by atoms with Crippen molar-refractivity contribution < 1.29 is 37.5 Å². The number of aliphatic hydroxyl groups excluding tert-OH is 1. The lowest BCUT2D eigenvalue weighted by Gasteiger charge is -2.25. The van der Waals surface area contributed by atoms with Crippen LogP contribution in [-0.2, 0) is 14.5 Å². The number of amides is 1. The number of aliphatic hydroxyl groups is 1. The maximum Gasteiger partial charge on any atom is 0.493 e. The predicted octanol–water partition coefficient (Wildman–Crippen LogP) is 3.35. The summed E-state index contributed by atoms with van der Waals surface area (Å²) in [5.41, 5.74) is 0.772. The van der Waals surface area contributed by atoms with Crippen LogP contribution in [0.3, 0.4) is 0 Å². The monoisotopic (exact) mass is 534 g/mol. The molecule has 0 saturated heterocycles. The number of rotatable bonds is 8. The molecule has 0 aliphatic carbocycles. The second-order valence-electron chi connectivity index (χ2n) is 8.27. The van der Waals surface area contributed by atoms with Gasteiger partial charge in [0.15, 0.2) is 5.82 Å². The zero-order valence-corrected chi connectivity index (χ0v) is 20.6. The Hall–Kier alpha value is -4.23. The predicted molar refractivity (Wildman–Crippen MR) is 129 cm³/mol. The summed E-state index contributed by atoms with van der Waals surface area (Å²) in [6.07, 6.45) is -2.64. The van der Waals surface area contributed by atoms with Gasteiger partial charge in [-0.25, -0.2) is 14.6 Å². The average Bonchev–Trinajstić information content (AvgIpc) is 2.90. The van der Waals surface area contributed by atoms with Crippen molar-refractivity contribution in [2.24, 2.45) is 5.92 Å². The lowest BCUT2D eigenvalue weighted by atomic mass is 9.95. The number of hydroxylamine groups is 2. The van der Waals surface area contributed by atoms with Crippen LogP contribution in [0.25, 0.3) is 5.69 Å². The van der Waals surface area contributed by atoms with Crippen LogP contribution in [0.5, 0.6) is 0 Å². The van der Waals surface area contributed by atoms with Gasteiger partial charge in [0.25, 0.3) is 5.56 Å². The van der Waals surface area contributed by atoms with Crippen LogP contribution in [0.2, 0.25) is 0 Å². The molecule has 2 aromatic carbocycles. The van der Waals surface area contributed by atoms with Gasteiger partial charge in [-0.3, -0.25) is 14.2 Å². The van der Waals surface area contributed by atoms with E-state index in [9.17, 15) is 32.7 Å². The molecule has 0 fully saturated rings. The summed E-state index contributed by atoms with van der Waals surface area (Å²) in [4.78, 5) is 49.9. The topological polar surface area (TPSA) is 123 Å². The van der Waals surface area contributed by atoms with E-state index in [0.717, 1.165) is 12.7 Å². The molecular formula is C25H25F3N4O6. The number of anilines is 1. The van der Waals surface area contributed by atoms with Crippen LogP contribution in [0.4, 0.5) is 19.0 Å². The fourth-order valence-corrected chi connectivity index (χ4v) is 3.56. The van der Waals surface area contributed by atoms with Gasteiger partial charge >= 0.3 is 18.1 Å². The Morgan fingerprint density at radius 2 is 1.87 bits per heavy atom. The molecule has 1 amide bonds. The first-order valence-corrected chi connectivity index (χ1v) is 11.3. The van der Waals surface area contributed by atoms with Crippen molar-refractivity contribution in [1.82, 2.24) is 14.8 Å². The van der Waals surface area contributed by atoms with Gasteiger partial charge in [0.05, 0.1) is 18.8 Å². The zero-order valence-electron chi connectivity index (χ0n) is 20.6. The molecule has 1 heterocycles. The number of benzene rings is 2. The third-order valence-corrected chi connectivity index (χ3v) is 5.59. The molecule has 13 heteroatoms. The molecule has 0 aliphatic rings. The summed E-state index contributed by atoms with van der Waals surface area (Å²) in [6.45, 7) is 3.30. The second-order valence-corrected chi connectivity index (χ2v) is 8.27. The molecule has 1 aromatic heterocycles. The van der Waals surface area contributed by atoms with Crippen molar-refractivity contribution >= 4 is 17.7 Å². The van der Waals surface area contributed by atoms with Gasteiger partial charge < -0.3 is 15.3 Å². The molecule has 202 valence electrons. The maximum atomic E-state index is 13.4. The average molecular weight is 534 g/mol. The van der Waals surface area contributed by atoms with E-state index in [4.69, 9.17) is 0 Å². The van der Waals surface area contributed by atoms with Crippen molar-refractivity contribution in [1.29, 1.82) is 0 Å². The minimum Gasteiger partial charge on any atom is -0.396 e. The number of carbonyl (C=O) groups is 2. The summed E-state index contributed by atoms with van der Waals surface area (Å²) in [5, 5.41) is 12.6. The Bertz CT molecular complexity index is 1350. The zero-order chi connectivity index (χ0) is 28.0. The van der Waals surface area contributed by atoms with E-state index in [0.29, 0.717) is 5.56 Å². The highest BCUT2D eigenvalue weighted by Crippen LogP contribution is 2.25. The molecule has 38 heavy (non-hydrogen) atoms. The Labute approximate surface area is 215 Å². The molecule has 2 N–H and O–H groups in total. The van der Waals surface area contributed by atoms with Crippen molar-refractivity contribution in [3.05, 3.63) is 88.0 Å².